The molecule has 0 aromatic carbocycles. The van der Waals surface area contributed by atoms with Gasteiger partial charge in [0.25, 0.3) is 5.91 Å². The predicted octanol–water partition coefficient (Wildman–Crippen LogP) is -0.542. The number of hydrogen-bond donors (Lipinski definition) is 3. The first-order valence-electron chi connectivity index (χ1n) is 10.9. The summed E-state index contributed by atoms with van der Waals surface area (Å²) in [7, 11) is 0. The number of amides is 1. The maximum absolute atomic E-state index is 12.8. The number of nitrogens with two attached hydrogens (primary N) is 2. The zero-order valence-electron chi connectivity index (χ0n) is 18.5. The van der Waals surface area contributed by atoms with E-state index in [9.17, 15) is 14.7 Å². The molecule has 1 aliphatic carbocycles. The average Bonchev–Trinajstić information content (AvgIpc) is 3.21. The van der Waals surface area contributed by atoms with Gasteiger partial charge in [-0.2, -0.15) is 5.10 Å². The minimum absolute atomic E-state index is 0.0466. The number of nitrogens with zero attached hydrogens (tertiary/aromatic N) is 5. The van der Waals surface area contributed by atoms with Gasteiger partial charge in [-0.25, -0.2) is 20.6 Å². The van der Waals surface area contributed by atoms with Gasteiger partial charge in [0.1, 0.15) is 18.8 Å². The van der Waals surface area contributed by atoms with Crippen LogP contribution in [-0.4, -0.2) is 83.5 Å². The van der Waals surface area contributed by atoms with E-state index in [0.29, 0.717) is 56.3 Å². The molecule has 1 saturated heterocycles. The summed E-state index contributed by atoms with van der Waals surface area (Å²) in [6, 6.07) is 3.30. The minimum atomic E-state index is -0.573. The van der Waals surface area contributed by atoms with Crippen molar-refractivity contribution >= 4 is 24.0 Å². The number of aromatic nitrogens is 1. The molecule has 2 aliphatic heterocycles. The number of pyridine rings is 1. The smallest absolute Gasteiger partial charge is 0.338 e. The Morgan fingerprint density at radius 3 is 2.82 bits per heavy atom. The normalized spacial score (nSPS) is 24.2. The van der Waals surface area contributed by atoms with Crippen molar-refractivity contribution in [2.45, 2.75) is 13.0 Å². The minimum Gasteiger partial charge on any atom is -0.458 e. The molecule has 3 atom stereocenters. The number of β-amino-alcohol motifs (C(OH)–C–C–N with tert-alkyl or cyclic N) is 1. The van der Waals surface area contributed by atoms with Crippen LogP contribution in [0.15, 0.2) is 46.7 Å². The number of ether oxygens (including phenoxy) is 1. The summed E-state index contributed by atoms with van der Waals surface area (Å²) in [4.78, 5) is 32.7. The Morgan fingerprint density at radius 1 is 1.39 bits per heavy atom. The summed E-state index contributed by atoms with van der Waals surface area (Å²) in [6.07, 6.45) is 5.82. The van der Waals surface area contributed by atoms with Gasteiger partial charge in [-0.1, -0.05) is 19.1 Å². The van der Waals surface area contributed by atoms with E-state index in [4.69, 9.17) is 16.4 Å². The lowest BCUT2D eigenvalue weighted by atomic mass is 9.78. The number of piperazine rings is 1. The highest BCUT2D eigenvalue weighted by Crippen LogP contribution is 2.36. The molecule has 4 rings (SSSR count). The summed E-state index contributed by atoms with van der Waals surface area (Å²) < 4.78 is 5.13. The number of hydrazone groups is 1. The molecular weight excluding hydrogens is 426 g/mol. The number of cyclic esters (lactones) is 1. The topological polar surface area (TPSA) is 151 Å². The van der Waals surface area contributed by atoms with Crippen LogP contribution in [0, 0.1) is 11.8 Å². The molecule has 11 heteroatoms. The van der Waals surface area contributed by atoms with Crippen molar-refractivity contribution in [3.05, 3.63) is 47.2 Å². The van der Waals surface area contributed by atoms with Crippen molar-refractivity contribution in [1.29, 1.82) is 0 Å². The summed E-state index contributed by atoms with van der Waals surface area (Å²) >= 11 is 0. The second-order valence-electron chi connectivity index (χ2n) is 8.48. The number of rotatable bonds is 6. The van der Waals surface area contributed by atoms with E-state index in [2.05, 4.69) is 15.0 Å². The number of anilines is 1. The molecule has 1 amide bonds. The SMILES string of the molecule is CC1C2=C(C=CC1C(O)CN1CCN(C(=O)c3ccc(N(N)/C=N\N)nc3)CC1)C(=O)OC2. The molecule has 1 aromatic rings. The fourth-order valence-electron chi connectivity index (χ4n) is 4.55. The molecular formula is C22H29N7O4. The van der Waals surface area contributed by atoms with Crippen LogP contribution < -0.4 is 16.7 Å². The van der Waals surface area contributed by atoms with Crippen molar-refractivity contribution in [3.63, 3.8) is 0 Å². The van der Waals surface area contributed by atoms with Gasteiger partial charge in [0, 0.05) is 44.8 Å². The van der Waals surface area contributed by atoms with E-state index < -0.39 is 6.10 Å². The van der Waals surface area contributed by atoms with Crippen molar-refractivity contribution in [1.82, 2.24) is 14.8 Å². The Bertz CT molecular complexity index is 983. The Kier molecular flexibility index (Phi) is 6.72. The Labute approximate surface area is 191 Å². The van der Waals surface area contributed by atoms with Crippen LogP contribution >= 0.6 is 0 Å². The molecule has 3 unspecified atom stereocenters. The summed E-state index contributed by atoms with van der Waals surface area (Å²) in [5.74, 6) is 10.8. The fourth-order valence-corrected chi connectivity index (χ4v) is 4.55. The van der Waals surface area contributed by atoms with Crippen molar-refractivity contribution in [3.8, 4) is 0 Å². The molecule has 5 N–H and O–H groups in total. The van der Waals surface area contributed by atoms with Gasteiger partial charge in [0.15, 0.2) is 0 Å². The maximum atomic E-state index is 12.8. The third-order valence-electron chi connectivity index (χ3n) is 6.54. The standard InChI is InChI=1S/C22H29N7O4/c1-14-16(3-4-17-18(14)12-33-22(17)32)19(30)11-27-6-8-28(9-7-27)21(31)15-2-5-20(25-10-15)29(24)13-26-23/h2-5,10,13-14,16,19,30H,6-9,11-12,23-24H2,1H3/b26-13-. The zero-order valence-corrected chi connectivity index (χ0v) is 18.5. The quantitative estimate of drug-likeness (QED) is 0.169. The van der Waals surface area contributed by atoms with Gasteiger partial charge < -0.3 is 20.6 Å². The Hall–Kier alpha value is -3.28. The summed E-state index contributed by atoms with van der Waals surface area (Å²) in [5, 5.41) is 15.4. The van der Waals surface area contributed by atoms with E-state index in [-0.39, 0.29) is 23.7 Å². The number of hydrazine groups is 1. The molecule has 0 saturated carbocycles. The molecule has 1 aromatic heterocycles. The highest BCUT2D eigenvalue weighted by Gasteiger charge is 2.36. The van der Waals surface area contributed by atoms with Crippen molar-refractivity contribution in [2.75, 3.05) is 44.3 Å². The van der Waals surface area contributed by atoms with E-state index >= 15 is 0 Å². The monoisotopic (exact) mass is 455 g/mol. The molecule has 3 heterocycles. The number of aliphatic hydroxyl groups is 1. The fraction of sp³-hybridized carbons (Fsp3) is 0.455. The largest absolute Gasteiger partial charge is 0.458 e. The lowest BCUT2D eigenvalue weighted by Crippen LogP contribution is -2.51. The highest BCUT2D eigenvalue weighted by molar-refractivity contribution is 5.95. The van der Waals surface area contributed by atoms with Crippen LogP contribution in [0.3, 0.4) is 0 Å². The summed E-state index contributed by atoms with van der Waals surface area (Å²) in [6.45, 7) is 5.29. The van der Waals surface area contributed by atoms with Gasteiger partial charge in [-0.15, -0.1) is 0 Å². The number of hydrogen-bond acceptors (Lipinski definition) is 9. The number of carbonyl (C=O) groups excluding carboxylic acids is 2. The average molecular weight is 456 g/mol. The van der Waals surface area contributed by atoms with Crippen LogP contribution in [-0.2, 0) is 9.53 Å². The number of aliphatic hydroxyl groups excluding tert-OH is 1. The van der Waals surface area contributed by atoms with Crippen LogP contribution in [0.5, 0.6) is 0 Å². The number of carbonyl (C=O) groups is 2. The molecule has 0 radical (unpaired) electrons. The van der Waals surface area contributed by atoms with Gasteiger partial charge >= 0.3 is 5.97 Å². The first-order chi connectivity index (χ1) is 15.9. The van der Waals surface area contributed by atoms with Crippen LogP contribution in [0.2, 0.25) is 0 Å². The van der Waals surface area contributed by atoms with E-state index in [1.165, 1.54) is 12.5 Å². The molecule has 3 aliphatic rings. The molecule has 11 nitrogen and oxygen atoms in total. The predicted molar refractivity (Wildman–Crippen MR) is 122 cm³/mol. The molecule has 33 heavy (non-hydrogen) atoms. The highest BCUT2D eigenvalue weighted by atomic mass is 16.5. The van der Waals surface area contributed by atoms with Crippen molar-refractivity contribution < 1.29 is 19.4 Å². The number of esters is 1. The molecule has 176 valence electrons. The van der Waals surface area contributed by atoms with Crippen LogP contribution in [0.1, 0.15) is 17.3 Å². The zero-order chi connectivity index (χ0) is 23.5. The Morgan fingerprint density at radius 2 is 2.15 bits per heavy atom. The molecule has 0 spiro atoms. The van der Waals surface area contributed by atoms with E-state index in [1.807, 2.05) is 13.0 Å². The third-order valence-corrected chi connectivity index (χ3v) is 6.54. The Balaban J connectivity index is 1.28. The maximum Gasteiger partial charge on any atom is 0.338 e. The van der Waals surface area contributed by atoms with Gasteiger partial charge in [-0.05, 0) is 23.6 Å². The first-order valence-corrected chi connectivity index (χ1v) is 10.9. The van der Waals surface area contributed by atoms with E-state index in [0.717, 1.165) is 10.6 Å². The van der Waals surface area contributed by atoms with Gasteiger partial charge in [0.2, 0.25) is 0 Å². The van der Waals surface area contributed by atoms with Crippen molar-refractivity contribution in [2.24, 2.45) is 28.6 Å². The van der Waals surface area contributed by atoms with E-state index in [1.54, 1.807) is 23.1 Å². The molecule has 0 bridgehead atoms. The summed E-state index contributed by atoms with van der Waals surface area (Å²) in [5.41, 5.74) is 2.07. The lowest BCUT2D eigenvalue weighted by Gasteiger charge is -2.38. The second-order valence-corrected chi connectivity index (χ2v) is 8.48. The first kappa shape index (κ1) is 22.9. The van der Waals surface area contributed by atoms with Gasteiger partial charge in [-0.3, -0.25) is 9.69 Å². The lowest BCUT2D eigenvalue weighted by molar-refractivity contribution is -0.135. The second kappa shape index (κ2) is 9.69. The van der Waals surface area contributed by atoms with Crippen LogP contribution in [0.25, 0.3) is 0 Å². The van der Waals surface area contributed by atoms with Crippen LogP contribution in [0.4, 0.5) is 5.82 Å². The molecule has 1 fully saturated rings. The van der Waals surface area contributed by atoms with Gasteiger partial charge in [0.05, 0.1) is 17.2 Å². The third kappa shape index (κ3) is 4.75.